The first kappa shape index (κ1) is 10.8. The lowest BCUT2D eigenvalue weighted by Crippen LogP contribution is -2.43. The maximum absolute atomic E-state index is 5.76. The molecule has 2 heterocycles. The van der Waals surface area contributed by atoms with Gasteiger partial charge < -0.3 is 10.5 Å². The Kier molecular flexibility index (Phi) is 2.64. The average molecular weight is 230 g/mol. The lowest BCUT2D eigenvalue weighted by molar-refractivity contribution is 0.00134. The number of halogens is 1. The summed E-state index contributed by atoms with van der Waals surface area (Å²) in [5.41, 5.74) is 7.02. The van der Waals surface area contributed by atoms with Crippen molar-refractivity contribution in [3.63, 3.8) is 0 Å². The predicted octanol–water partition coefficient (Wildman–Crippen LogP) is 1.33. The monoisotopic (exact) mass is 229 g/mol. The number of ether oxygens (including phenoxy) is 1. The van der Waals surface area contributed by atoms with E-state index in [2.05, 4.69) is 5.10 Å². The average Bonchev–Trinajstić information content (AvgIpc) is 2.56. The fraction of sp³-hybridized carbons (Fsp3) is 0.700. The molecule has 2 aliphatic rings. The van der Waals surface area contributed by atoms with E-state index in [0.717, 1.165) is 24.6 Å². The van der Waals surface area contributed by atoms with Crippen LogP contribution in [-0.2, 0) is 13.1 Å². The van der Waals surface area contributed by atoms with Crippen LogP contribution >= 0.6 is 12.4 Å². The summed E-state index contributed by atoms with van der Waals surface area (Å²) in [4.78, 5) is 0. The van der Waals surface area contributed by atoms with Gasteiger partial charge in [-0.2, -0.15) is 5.10 Å². The number of aromatic nitrogens is 2. The molecule has 3 rings (SSSR count). The molecule has 5 heteroatoms. The highest BCUT2D eigenvalue weighted by molar-refractivity contribution is 5.85. The summed E-state index contributed by atoms with van der Waals surface area (Å²) >= 11 is 0. The zero-order chi connectivity index (χ0) is 9.60. The van der Waals surface area contributed by atoms with Crippen molar-refractivity contribution < 1.29 is 4.74 Å². The zero-order valence-corrected chi connectivity index (χ0v) is 9.42. The third-order valence-corrected chi connectivity index (χ3v) is 3.50. The van der Waals surface area contributed by atoms with Crippen LogP contribution in [0.5, 0.6) is 5.88 Å². The van der Waals surface area contributed by atoms with Crippen LogP contribution < -0.4 is 10.5 Å². The second kappa shape index (κ2) is 3.68. The summed E-state index contributed by atoms with van der Waals surface area (Å²) < 4.78 is 7.74. The molecule has 84 valence electrons. The summed E-state index contributed by atoms with van der Waals surface area (Å²) in [6, 6.07) is 0. The molecule has 1 aliphatic carbocycles. The third-order valence-electron chi connectivity index (χ3n) is 3.50. The maximum atomic E-state index is 5.76. The number of hydrogen-bond donors (Lipinski definition) is 1. The highest BCUT2D eigenvalue weighted by Gasteiger charge is 2.42. The van der Waals surface area contributed by atoms with Crippen LogP contribution in [0.2, 0.25) is 0 Å². The number of fused-ring (bicyclic) bond motifs is 1. The highest BCUT2D eigenvalue weighted by Crippen LogP contribution is 2.45. The number of hydrogen-bond acceptors (Lipinski definition) is 3. The number of nitrogens with zero attached hydrogens (tertiary/aromatic N) is 2. The maximum Gasteiger partial charge on any atom is 0.216 e. The summed E-state index contributed by atoms with van der Waals surface area (Å²) in [6.07, 6.45) is 5.73. The van der Waals surface area contributed by atoms with E-state index < -0.39 is 0 Å². The molecule has 1 saturated carbocycles. The van der Waals surface area contributed by atoms with Crippen molar-refractivity contribution in [2.45, 2.75) is 32.4 Å². The molecule has 0 aromatic carbocycles. The second-order valence-corrected chi connectivity index (χ2v) is 4.48. The second-order valence-electron chi connectivity index (χ2n) is 4.48. The van der Waals surface area contributed by atoms with E-state index in [1.807, 2.05) is 10.9 Å². The van der Waals surface area contributed by atoms with E-state index in [-0.39, 0.29) is 12.4 Å². The fourth-order valence-corrected chi connectivity index (χ4v) is 2.40. The Morgan fingerprint density at radius 3 is 2.93 bits per heavy atom. The van der Waals surface area contributed by atoms with E-state index in [4.69, 9.17) is 10.5 Å². The molecule has 0 bridgehead atoms. The van der Waals surface area contributed by atoms with Gasteiger partial charge >= 0.3 is 0 Å². The predicted molar refractivity (Wildman–Crippen MR) is 59.1 cm³/mol. The van der Waals surface area contributed by atoms with Crippen molar-refractivity contribution >= 4 is 12.4 Å². The van der Waals surface area contributed by atoms with E-state index in [9.17, 15) is 0 Å². The molecule has 0 atom stereocenters. The smallest absolute Gasteiger partial charge is 0.216 e. The Labute approximate surface area is 95.2 Å². The molecule has 4 nitrogen and oxygen atoms in total. The van der Waals surface area contributed by atoms with Gasteiger partial charge in [0, 0.05) is 17.5 Å². The molecule has 1 aromatic rings. The van der Waals surface area contributed by atoms with Gasteiger partial charge in [-0.3, -0.25) is 0 Å². The molecule has 0 amide bonds. The van der Waals surface area contributed by atoms with Crippen LogP contribution in [-0.4, -0.2) is 16.4 Å². The van der Waals surface area contributed by atoms with Crippen LogP contribution in [0.1, 0.15) is 24.8 Å². The molecule has 1 aromatic heterocycles. The zero-order valence-electron chi connectivity index (χ0n) is 8.61. The van der Waals surface area contributed by atoms with Crippen molar-refractivity contribution in [1.29, 1.82) is 0 Å². The van der Waals surface area contributed by atoms with Gasteiger partial charge in [0.25, 0.3) is 0 Å². The van der Waals surface area contributed by atoms with Crippen molar-refractivity contribution in [2.75, 3.05) is 6.61 Å². The molecule has 15 heavy (non-hydrogen) atoms. The molecule has 2 N–H and O–H groups in total. The van der Waals surface area contributed by atoms with Crippen molar-refractivity contribution in [1.82, 2.24) is 9.78 Å². The van der Waals surface area contributed by atoms with E-state index >= 15 is 0 Å². The molecule has 0 saturated heterocycles. The van der Waals surface area contributed by atoms with E-state index in [1.54, 1.807) is 0 Å². The largest absolute Gasteiger partial charge is 0.477 e. The minimum atomic E-state index is 0. The van der Waals surface area contributed by atoms with Crippen LogP contribution in [0.4, 0.5) is 0 Å². The third kappa shape index (κ3) is 1.52. The Morgan fingerprint density at radius 2 is 2.33 bits per heavy atom. The quantitative estimate of drug-likeness (QED) is 0.791. The standard InChI is InChI=1S/C10H15N3O.ClH/c11-4-8-5-12-13-6-10(2-1-3-10)7-14-9(8)13;/h5H,1-4,6-7,11H2;1H. The van der Waals surface area contributed by atoms with Crippen molar-refractivity contribution in [2.24, 2.45) is 11.1 Å². The molecule has 0 unspecified atom stereocenters. The molecule has 0 radical (unpaired) electrons. The van der Waals surface area contributed by atoms with Crippen LogP contribution in [0.3, 0.4) is 0 Å². The van der Waals surface area contributed by atoms with Crippen LogP contribution in [0, 0.1) is 5.41 Å². The van der Waals surface area contributed by atoms with Gasteiger partial charge in [-0.15, -0.1) is 12.4 Å². The van der Waals surface area contributed by atoms with Gasteiger partial charge in [0.05, 0.1) is 19.3 Å². The minimum Gasteiger partial charge on any atom is -0.477 e. The first-order valence-electron chi connectivity index (χ1n) is 5.21. The number of rotatable bonds is 1. The van der Waals surface area contributed by atoms with Crippen LogP contribution in [0.25, 0.3) is 0 Å². The highest BCUT2D eigenvalue weighted by atomic mass is 35.5. The lowest BCUT2D eigenvalue weighted by Gasteiger charge is -2.44. The first-order chi connectivity index (χ1) is 6.83. The summed E-state index contributed by atoms with van der Waals surface area (Å²) in [5, 5.41) is 4.32. The van der Waals surface area contributed by atoms with Gasteiger partial charge in [-0.05, 0) is 12.8 Å². The first-order valence-corrected chi connectivity index (χ1v) is 5.21. The SMILES string of the molecule is Cl.NCc1cnn2c1OCC1(CCC1)C2. The summed E-state index contributed by atoms with van der Waals surface area (Å²) in [7, 11) is 0. The molecular formula is C10H16ClN3O. The Hall–Kier alpha value is -0.740. The molecule has 1 aliphatic heterocycles. The lowest BCUT2D eigenvalue weighted by atomic mass is 9.69. The topological polar surface area (TPSA) is 53.1 Å². The fourth-order valence-electron chi connectivity index (χ4n) is 2.40. The molecule has 1 fully saturated rings. The molecular weight excluding hydrogens is 214 g/mol. The molecule has 1 spiro atoms. The van der Waals surface area contributed by atoms with Gasteiger partial charge in [-0.1, -0.05) is 6.42 Å². The van der Waals surface area contributed by atoms with E-state index in [1.165, 1.54) is 19.3 Å². The Bertz CT molecular complexity index is 360. The summed E-state index contributed by atoms with van der Waals surface area (Å²) in [6.45, 7) is 2.39. The normalized spacial score (nSPS) is 21.1. The van der Waals surface area contributed by atoms with Gasteiger partial charge in [0.1, 0.15) is 0 Å². The Balaban J connectivity index is 0.000000853. The van der Waals surface area contributed by atoms with Crippen molar-refractivity contribution in [3.8, 4) is 5.88 Å². The van der Waals surface area contributed by atoms with Crippen LogP contribution in [0.15, 0.2) is 6.20 Å². The van der Waals surface area contributed by atoms with E-state index in [0.29, 0.717) is 12.0 Å². The van der Waals surface area contributed by atoms with Gasteiger partial charge in [-0.25, -0.2) is 4.68 Å². The van der Waals surface area contributed by atoms with Gasteiger partial charge in [0.2, 0.25) is 5.88 Å². The van der Waals surface area contributed by atoms with Crippen molar-refractivity contribution in [3.05, 3.63) is 11.8 Å². The van der Waals surface area contributed by atoms with Gasteiger partial charge in [0.15, 0.2) is 0 Å². The minimum absolute atomic E-state index is 0. The Morgan fingerprint density at radius 1 is 1.53 bits per heavy atom. The summed E-state index contributed by atoms with van der Waals surface area (Å²) in [5.74, 6) is 0.894. The number of nitrogens with two attached hydrogens (primary N) is 1.